The first-order valence-corrected chi connectivity index (χ1v) is 5.64. The second-order valence-corrected chi connectivity index (χ2v) is 4.18. The monoisotopic (exact) mass is 223 g/mol. The quantitative estimate of drug-likeness (QED) is 0.772. The molecule has 0 aliphatic carbocycles. The molecule has 16 heavy (non-hydrogen) atoms. The summed E-state index contributed by atoms with van der Waals surface area (Å²) in [5.41, 5.74) is 1.22. The van der Waals surface area contributed by atoms with Gasteiger partial charge in [-0.3, -0.25) is 0 Å². The zero-order valence-corrected chi connectivity index (χ0v) is 10.2. The van der Waals surface area contributed by atoms with E-state index in [1.165, 1.54) is 5.56 Å². The fourth-order valence-corrected chi connectivity index (χ4v) is 1.38. The molecule has 3 heteroatoms. The fourth-order valence-electron chi connectivity index (χ4n) is 1.38. The van der Waals surface area contributed by atoms with E-state index in [0.29, 0.717) is 6.04 Å². The number of hydrogen-bond donors (Lipinski definition) is 2. The highest BCUT2D eigenvalue weighted by molar-refractivity contribution is 5.27. The number of methoxy groups -OCH3 is 1. The van der Waals surface area contributed by atoms with E-state index in [1.54, 1.807) is 7.11 Å². The molecule has 0 aromatic heterocycles. The molecule has 0 amide bonds. The fraction of sp³-hybridized carbons (Fsp3) is 0.538. The minimum atomic E-state index is 0.219. The zero-order chi connectivity index (χ0) is 12.0. The average molecular weight is 223 g/mol. The Bertz CT molecular complexity index is 297. The van der Waals surface area contributed by atoms with Gasteiger partial charge < -0.3 is 15.2 Å². The predicted molar refractivity (Wildman–Crippen MR) is 65.5 cm³/mol. The van der Waals surface area contributed by atoms with Gasteiger partial charge in [-0.05, 0) is 30.5 Å². The van der Waals surface area contributed by atoms with Gasteiger partial charge in [-0.2, -0.15) is 0 Å². The van der Waals surface area contributed by atoms with Crippen molar-refractivity contribution >= 4 is 0 Å². The Morgan fingerprint density at radius 3 is 2.38 bits per heavy atom. The average Bonchev–Trinajstić information content (AvgIpc) is 2.35. The number of benzene rings is 1. The maximum absolute atomic E-state index is 9.01. The summed E-state index contributed by atoms with van der Waals surface area (Å²) < 4.78 is 5.10. The standard InChI is InChI=1S/C13H21NO2/c1-10(9-15)11(2)14-8-12-4-6-13(16-3)7-5-12/h4-7,10-11,14-15H,8-9H2,1-3H3. The topological polar surface area (TPSA) is 41.5 Å². The number of hydrogen-bond acceptors (Lipinski definition) is 3. The first-order valence-electron chi connectivity index (χ1n) is 5.64. The minimum Gasteiger partial charge on any atom is -0.497 e. The van der Waals surface area contributed by atoms with E-state index in [4.69, 9.17) is 9.84 Å². The highest BCUT2D eigenvalue weighted by atomic mass is 16.5. The molecule has 0 spiro atoms. The smallest absolute Gasteiger partial charge is 0.118 e. The van der Waals surface area contributed by atoms with E-state index in [-0.39, 0.29) is 12.5 Å². The summed E-state index contributed by atoms with van der Waals surface area (Å²) >= 11 is 0. The second kappa shape index (κ2) is 6.51. The Hall–Kier alpha value is -1.06. The van der Waals surface area contributed by atoms with Crippen LogP contribution in [0.4, 0.5) is 0 Å². The third-order valence-electron chi connectivity index (χ3n) is 2.93. The molecule has 90 valence electrons. The molecule has 1 aromatic rings. The molecule has 0 radical (unpaired) electrons. The van der Waals surface area contributed by atoms with E-state index in [9.17, 15) is 0 Å². The summed E-state index contributed by atoms with van der Waals surface area (Å²) in [6.07, 6.45) is 0. The molecule has 2 N–H and O–H groups in total. The Morgan fingerprint density at radius 2 is 1.88 bits per heavy atom. The number of nitrogens with one attached hydrogen (secondary N) is 1. The van der Waals surface area contributed by atoms with Crippen molar-refractivity contribution in [3.8, 4) is 5.75 Å². The lowest BCUT2D eigenvalue weighted by molar-refractivity contribution is 0.207. The van der Waals surface area contributed by atoms with Crippen LogP contribution < -0.4 is 10.1 Å². The summed E-state index contributed by atoms with van der Waals surface area (Å²) in [6, 6.07) is 8.31. The van der Waals surface area contributed by atoms with Crippen LogP contribution in [-0.2, 0) is 6.54 Å². The van der Waals surface area contributed by atoms with Crippen LogP contribution in [0.3, 0.4) is 0 Å². The molecule has 2 unspecified atom stereocenters. The molecule has 1 rings (SSSR count). The molecule has 0 aliphatic rings. The summed E-state index contributed by atoms with van der Waals surface area (Å²) in [7, 11) is 1.66. The molecular formula is C13H21NO2. The number of ether oxygens (including phenoxy) is 1. The Kier molecular flexibility index (Phi) is 5.29. The predicted octanol–water partition coefficient (Wildman–Crippen LogP) is 1.80. The van der Waals surface area contributed by atoms with Crippen molar-refractivity contribution in [3.63, 3.8) is 0 Å². The highest BCUT2D eigenvalue weighted by Crippen LogP contribution is 2.11. The highest BCUT2D eigenvalue weighted by Gasteiger charge is 2.09. The van der Waals surface area contributed by atoms with E-state index >= 15 is 0 Å². The van der Waals surface area contributed by atoms with Crippen LogP contribution in [0.25, 0.3) is 0 Å². The lowest BCUT2D eigenvalue weighted by Gasteiger charge is -2.19. The summed E-state index contributed by atoms with van der Waals surface area (Å²) in [6.45, 7) is 5.16. The van der Waals surface area contributed by atoms with Gasteiger partial charge in [0.25, 0.3) is 0 Å². The molecule has 0 aliphatic heterocycles. The van der Waals surface area contributed by atoms with Crippen LogP contribution in [0.1, 0.15) is 19.4 Å². The SMILES string of the molecule is COc1ccc(CNC(C)C(C)CO)cc1. The van der Waals surface area contributed by atoms with Gasteiger partial charge in [-0.15, -0.1) is 0 Å². The van der Waals surface area contributed by atoms with E-state index in [2.05, 4.69) is 12.2 Å². The molecule has 0 heterocycles. The third kappa shape index (κ3) is 3.83. The van der Waals surface area contributed by atoms with Crippen molar-refractivity contribution in [1.82, 2.24) is 5.32 Å². The number of aliphatic hydroxyl groups is 1. The van der Waals surface area contributed by atoms with Crippen LogP contribution in [-0.4, -0.2) is 24.9 Å². The van der Waals surface area contributed by atoms with Crippen molar-refractivity contribution in [2.24, 2.45) is 5.92 Å². The summed E-state index contributed by atoms with van der Waals surface area (Å²) in [4.78, 5) is 0. The van der Waals surface area contributed by atoms with Gasteiger partial charge >= 0.3 is 0 Å². The first-order chi connectivity index (χ1) is 7.67. The van der Waals surface area contributed by atoms with Crippen molar-refractivity contribution in [3.05, 3.63) is 29.8 Å². The third-order valence-corrected chi connectivity index (χ3v) is 2.93. The molecule has 0 bridgehead atoms. The van der Waals surface area contributed by atoms with Gasteiger partial charge in [0.1, 0.15) is 5.75 Å². The maximum Gasteiger partial charge on any atom is 0.118 e. The van der Waals surface area contributed by atoms with Gasteiger partial charge in [0.15, 0.2) is 0 Å². The van der Waals surface area contributed by atoms with Crippen LogP contribution >= 0.6 is 0 Å². The van der Waals surface area contributed by atoms with Crippen molar-refractivity contribution in [2.75, 3.05) is 13.7 Å². The summed E-state index contributed by atoms with van der Waals surface area (Å²) in [5, 5.41) is 12.4. The van der Waals surface area contributed by atoms with E-state index in [0.717, 1.165) is 12.3 Å². The van der Waals surface area contributed by atoms with Crippen LogP contribution in [0.2, 0.25) is 0 Å². The molecular weight excluding hydrogens is 202 g/mol. The normalized spacial score (nSPS) is 14.5. The molecule has 3 nitrogen and oxygen atoms in total. The van der Waals surface area contributed by atoms with E-state index < -0.39 is 0 Å². The largest absolute Gasteiger partial charge is 0.497 e. The zero-order valence-electron chi connectivity index (χ0n) is 10.2. The maximum atomic E-state index is 9.01. The van der Waals surface area contributed by atoms with Gasteiger partial charge in [-0.1, -0.05) is 19.1 Å². The van der Waals surface area contributed by atoms with Crippen LogP contribution in [0, 0.1) is 5.92 Å². The molecule has 1 aromatic carbocycles. The van der Waals surface area contributed by atoms with Crippen molar-refractivity contribution in [2.45, 2.75) is 26.4 Å². The first kappa shape index (κ1) is 13.0. The molecule has 0 saturated carbocycles. The number of aliphatic hydroxyl groups excluding tert-OH is 1. The second-order valence-electron chi connectivity index (χ2n) is 4.18. The van der Waals surface area contributed by atoms with Gasteiger partial charge in [0.2, 0.25) is 0 Å². The van der Waals surface area contributed by atoms with Gasteiger partial charge in [0, 0.05) is 19.2 Å². The number of rotatable bonds is 6. The molecule has 0 saturated heterocycles. The Labute approximate surface area is 97.4 Å². The Morgan fingerprint density at radius 1 is 1.25 bits per heavy atom. The Balaban J connectivity index is 2.42. The van der Waals surface area contributed by atoms with Crippen LogP contribution in [0.15, 0.2) is 24.3 Å². The lowest BCUT2D eigenvalue weighted by atomic mass is 10.0. The van der Waals surface area contributed by atoms with Gasteiger partial charge in [-0.25, -0.2) is 0 Å². The van der Waals surface area contributed by atoms with Crippen LogP contribution in [0.5, 0.6) is 5.75 Å². The summed E-state index contributed by atoms with van der Waals surface area (Å²) in [5.74, 6) is 1.15. The molecule has 0 fully saturated rings. The van der Waals surface area contributed by atoms with E-state index in [1.807, 2.05) is 31.2 Å². The van der Waals surface area contributed by atoms with Crippen molar-refractivity contribution in [1.29, 1.82) is 0 Å². The van der Waals surface area contributed by atoms with Crippen molar-refractivity contribution < 1.29 is 9.84 Å². The molecule has 2 atom stereocenters. The lowest BCUT2D eigenvalue weighted by Crippen LogP contribution is -2.33. The van der Waals surface area contributed by atoms with Gasteiger partial charge in [0.05, 0.1) is 7.11 Å². The minimum absolute atomic E-state index is 0.219.